The topological polar surface area (TPSA) is 78.6 Å². The van der Waals surface area contributed by atoms with Crippen LogP contribution in [0.4, 0.5) is 0 Å². The first-order chi connectivity index (χ1) is 11.2. The average Bonchev–Trinajstić information content (AvgIpc) is 3.17. The molecule has 0 spiro atoms. The highest BCUT2D eigenvalue weighted by Crippen LogP contribution is 2.18. The second kappa shape index (κ2) is 7.25. The van der Waals surface area contributed by atoms with Crippen LogP contribution >= 0.6 is 11.3 Å². The maximum Gasteiger partial charge on any atom is 0.274 e. The zero-order valence-corrected chi connectivity index (χ0v) is 13.9. The minimum absolute atomic E-state index is 0.0970. The number of likely N-dealkylation sites (tertiary alicyclic amines) is 1. The molecule has 2 N–H and O–H groups in total. The number of hydrogen-bond donors (Lipinski definition) is 2. The fraction of sp³-hybridized carbons (Fsp3) is 0.500. The molecule has 7 heteroatoms. The number of carbonyl (C=O) groups excluding carboxylic acids is 1. The Morgan fingerprint density at radius 3 is 3.22 bits per heavy atom. The Kier molecular flexibility index (Phi) is 5.09. The summed E-state index contributed by atoms with van der Waals surface area (Å²) in [6.45, 7) is 4.26. The Balaban J connectivity index is 1.59. The summed E-state index contributed by atoms with van der Waals surface area (Å²) < 4.78 is 5.01. The third-order valence-electron chi connectivity index (χ3n) is 4.16. The number of carbonyl (C=O) groups is 1. The van der Waals surface area contributed by atoms with Crippen LogP contribution in [0.5, 0.6) is 0 Å². The van der Waals surface area contributed by atoms with Gasteiger partial charge in [-0.05, 0) is 37.8 Å². The maximum atomic E-state index is 12.4. The van der Waals surface area contributed by atoms with Gasteiger partial charge in [-0.3, -0.25) is 9.69 Å². The van der Waals surface area contributed by atoms with Crippen molar-refractivity contribution in [2.45, 2.75) is 39.0 Å². The molecule has 2 aromatic rings. The van der Waals surface area contributed by atoms with Crippen LogP contribution in [0.15, 0.2) is 22.0 Å². The molecule has 3 heterocycles. The highest BCUT2D eigenvalue weighted by molar-refractivity contribution is 7.09. The molecule has 0 bridgehead atoms. The van der Waals surface area contributed by atoms with Crippen LogP contribution in [0.2, 0.25) is 0 Å². The van der Waals surface area contributed by atoms with Crippen LogP contribution in [-0.2, 0) is 13.2 Å². The van der Waals surface area contributed by atoms with Gasteiger partial charge in [0.25, 0.3) is 5.91 Å². The molecule has 1 aliphatic heterocycles. The van der Waals surface area contributed by atoms with Crippen molar-refractivity contribution in [3.05, 3.63) is 39.4 Å². The summed E-state index contributed by atoms with van der Waals surface area (Å²) in [5.74, 6) is 0.217. The minimum atomic E-state index is -0.270. The van der Waals surface area contributed by atoms with Crippen molar-refractivity contribution >= 4 is 17.2 Å². The van der Waals surface area contributed by atoms with Crippen LogP contribution < -0.4 is 5.32 Å². The van der Waals surface area contributed by atoms with E-state index in [0.717, 1.165) is 32.5 Å². The number of piperidine rings is 1. The summed E-state index contributed by atoms with van der Waals surface area (Å²) in [6, 6.07) is 4.30. The number of thiophene rings is 1. The predicted molar refractivity (Wildman–Crippen MR) is 87.2 cm³/mol. The van der Waals surface area contributed by atoms with Crippen molar-refractivity contribution in [1.29, 1.82) is 0 Å². The van der Waals surface area contributed by atoms with Gasteiger partial charge < -0.3 is 14.9 Å². The second-order valence-corrected chi connectivity index (χ2v) is 6.88. The lowest BCUT2D eigenvalue weighted by molar-refractivity contribution is 0.0889. The Morgan fingerprint density at radius 2 is 2.48 bits per heavy atom. The van der Waals surface area contributed by atoms with E-state index in [4.69, 9.17) is 4.52 Å². The molecule has 6 nitrogen and oxygen atoms in total. The largest absolute Gasteiger partial charge is 0.391 e. The number of aliphatic hydroxyl groups excluding tert-OH is 1. The first kappa shape index (κ1) is 16.2. The van der Waals surface area contributed by atoms with Gasteiger partial charge in [-0.25, -0.2) is 0 Å². The number of nitrogens with zero attached hydrogens (tertiary/aromatic N) is 2. The van der Waals surface area contributed by atoms with Crippen LogP contribution in [-0.4, -0.2) is 40.2 Å². The molecule has 3 rings (SSSR count). The van der Waals surface area contributed by atoms with E-state index >= 15 is 0 Å². The lowest BCUT2D eigenvalue weighted by Gasteiger charge is -2.32. The molecule has 1 unspecified atom stereocenters. The van der Waals surface area contributed by atoms with Gasteiger partial charge >= 0.3 is 0 Å². The molecule has 2 aromatic heterocycles. The van der Waals surface area contributed by atoms with Crippen LogP contribution in [0.3, 0.4) is 0 Å². The molecule has 0 radical (unpaired) electrons. The number of rotatable bonds is 5. The van der Waals surface area contributed by atoms with Crippen molar-refractivity contribution in [2.24, 2.45) is 0 Å². The van der Waals surface area contributed by atoms with Crippen LogP contribution in [0.25, 0.3) is 0 Å². The van der Waals surface area contributed by atoms with E-state index in [0.29, 0.717) is 11.3 Å². The highest BCUT2D eigenvalue weighted by atomic mass is 32.1. The molecule has 0 aliphatic carbocycles. The van der Waals surface area contributed by atoms with E-state index in [-0.39, 0.29) is 24.2 Å². The van der Waals surface area contributed by atoms with Crippen LogP contribution in [0, 0.1) is 6.92 Å². The summed E-state index contributed by atoms with van der Waals surface area (Å²) >= 11 is 1.76. The average molecular weight is 335 g/mol. The molecule has 1 amide bonds. The molecular weight excluding hydrogens is 314 g/mol. The third kappa shape index (κ3) is 3.80. The van der Waals surface area contributed by atoms with Crippen molar-refractivity contribution in [3.63, 3.8) is 0 Å². The van der Waals surface area contributed by atoms with Gasteiger partial charge in [-0.15, -0.1) is 11.3 Å². The molecule has 23 heavy (non-hydrogen) atoms. The third-order valence-corrected chi connectivity index (χ3v) is 5.02. The predicted octanol–water partition coefficient (Wildman–Crippen LogP) is 1.93. The second-order valence-electron chi connectivity index (χ2n) is 5.85. The van der Waals surface area contributed by atoms with E-state index in [1.807, 2.05) is 0 Å². The van der Waals surface area contributed by atoms with Gasteiger partial charge in [0.2, 0.25) is 0 Å². The maximum absolute atomic E-state index is 12.4. The summed E-state index contributed by atoms with van der Waals surface area (Å²) in [7, 11) is 0. The Labute approximate surface area is 139 Å². The molecule has 1 aliphatic rings. The minimum Gasteiger partial charge on any atom is -0.391 e. The number of aliphatic hydroxyl groups is 1. The van der Waals surface area contributed by atoms with E-state index in [1.54, 1.807) is 18.3 Å². The number of aryl methyl sites for hydroxylation is 1. The van der Waals surface area contributed by atoms with E-state index in [1.165, 1.54) is 4.88 Å². The van der Waals surface area contributed by atoms with Crippen molar-refractivity contribution < 1.29 is 14.4 Å². The van der Waals surface area contributed by atoms with Crippen LogP contribution in [0.1, 0.15) is 39.5 Å². The number of amides is 1. The fourth-order valence-electron chi connectivity index (χ4n) is 2.95. The monoisotopic (exact) mass is 335 g/mol. The van der Waals surface area contributed by atoms with Gasteiger partial charge in [-0.2, -0.15) is 0 Å². The smallest absolute Gasteiger partial charge is 0.274 e. The summed E-state index contributed by atoms with van der Waals surface area (Å²) in [4.78, 5) is 16.1. The number of hydrogen-bond acceptors (Lipinski definition) is 6. The van der Waals surface area contributed by atoms with Gasteiger partial charge in [-0.1, -0.05) is 11.2 Å². The van der Waals surface area contributed by atoms with Crippen molar-refractivity contribution in [2.75, 3.05) is 13.1 Å². The van der Waals surface area contributed by atoms with Gasteiger partial charge in [0.05, 0.1) is 12.2 Å². The molecule has 0 saturated carbocycles. The van der Waals surface area contributed by atoms with Gasteiger partial charge in [0, 0.05) is 24.0 Å². The lowest BCUT2D eigenvalue weighted by atomic mass is 10.0. The quantitative estimate of drug-likeness (QED) is 0.873. The van der Waals surface area contributed by atoms with Crippen molar-refractivity contribution in [3.8, 4) is 0 Å². The molecule has 1 atom stereocenters. The molecule has 1 saturated heterocycles. The first-order valence-corrected chi connectivity index (χ1v) is 8.67. The SMILES string of the molecule is Cc1onc(C(=O)NC2CCCN(Cc3cccs3)C2)c1CO. The number of aromatic nitrogens is 1. The normalized spacial score (nSPS) is 19.0. The summed E-state index contributed by atoms with van der Waals surface area (Å²) in [5, 5.41) is 18.2. The standard InChI is InChI=1S/C16H21N3O3S/c1-11-14(10-20)15(18-22-11)16(21)17-12-4-2-6-19(8-12)9-13-5-3-7-23-13/h3,5,7,12,20H,2,4,6,8-10H2,1H3,(H,17,21). The first-order valence-electron chi connectivity index (χ1n) is 7.79. The highest BCUT2D eigenvalue weighted by Gasteiger charge is 2.25. The van der Waals surface area contributed by atoms with Crippen molar-refractivity contribution in [1.82, 2.24) is 15.4 Å². The molecule has 0 aromatic carbocycles. The summed E-state index contributed by atoms with van der Waals surface area (Å²) in [5.41, 5.74) is 0.661. The van der Waals surface area contributed by atoms with E-state index < -0.39 is 0 Å². The van der Waals surface area contributed by atoms with Gasteiger partial charge in [0.1, 0.15) is 5.76 Å². The zero-order valence-electron chi connectivity index (χ0n) is 13.1. The lowest BCUT2D eigenvalue weighted by Crippen LogP contribution is -2.47. The fourth-order valence-corrected chi connectivity index (χ4v) is 3.70. The summed E-state index contributed by atoms with van der Waals surface area (Å²) in [6.07, 6.45) is 2.01. The Bertz CT molecular complexity index is 654. The Hall–Kier alpha value is -1.70. The zero-order chi connectivity index (χ0) is 16.2. The van der Waals surface area contributed by atoms with E-state index in [9.17, 15) is 9.90 Å². The van der Waals surface area contributed by atoms with Gasteiger partial charge in [0.15, 0.2) is 5.69 Å². The molecular formula is C16H21N3O3S. The number of nitrogens with one attached hydrogen (secondary N) is 1. The Morgan fingerprint density at radius 1 is 1.61 bits per heavy atom. The molecule has 124 valence electrons. The molecule has 1 fully saturated rings. The van der Waals surface area contributed by atoms with E-state index in [2.05, 4.69) is 32.9 Å².